The van der Waals surface area contributed by atoms with Crippen molar-refractivity contribution in [3.05, 3.63) is 103 Å². The Labute approximate surface area is 263 Å². The van der Waals surface area contributed by atoms with Gasteiger partial charge in [-0.05, 0) is 53.9 Å². The van der Waals surface area contributed by atoms with E-state index in [0.717, 1.165) is 27.9 Å². The van der Waals surface area contributed by atoms with Crippen molar-refractivity contribution < 1.29 is 26.7 Å². The normalized spacial score (nSPS) is 13.2. The summed E-state index contributed by atoms with van der Waals surface area (Å²) >= 11 is 0. The number of hydrogen-bond donors (Lipinski definition) is 0. The van der Waals surface area contributed by atoms with Gasteiger partial charge in [0.1, 0.15) is 5.75 Å². The average molecular weight is 637 g/mol. The number of rotatable bonds is 15. The molecular formula is C34H44N2O6SSi. The van der Waals surface area contributed by atoms with Gasteiger partial charge >= 0.3 is 8.32 Å². The summed E-state index contributed by atoms with van der Waals surface area (Å²) in [7, 11) is -4.96. The Kier molecular flexibility index (Phi) is 12.5. The van der Waals surface area contributed by atoms with E-state index in [2.05, 4.69) is 50.2 Å². The van der Waals surface area contributed by atoms with Gasteiger partial charge in [-0.15, -0.1) is 5.16 Å². The van der Waals surface area contributed by atoms with Gasteiger partial charge in [0.25, 0.3) is 10.1 Å². The lowest BCUT2D eigenvalue weighted by atomic mass is 10.1. The molecule has 0 N–H and O–H groups in total. The van der Waals surface area contributed by atoms with Gasteiger partial charge in [-0.3, -0.25) is 8.98 Å². The van der Waals surface area contributed by atoms with Crippen molar-refractivity contribution in [3.8, 4) is 5.75 Å². The number of carbonyl (C=O) groups excluding carboxylic acids is 1. The fourth-order valence-electron chi connectivity index (χ4n) is 5.14. The summed E-state index contributed by atoms with van der Waals surface area (Å²) in [5.41, 5.74) is 0.905. The molecule has 3 rings (SSSR count). The average Bonchev–Trinajstić information content (AvgIpc) is 2.99. The van der Waals surface area contributed by atoms with Crippen LogP contribution in [0.1, 0.15) is 46.1 Å². The third-order valence-corrected chi connectivity index (χ3v) is 12.7. The molecule has 1 atom stereocenters. The van der Waals surface area contributed by atoms with Crippen molar-refractivity contribution in [1.82, 2.24) is 4.90 Å². The molecule has 0 bridgehead atoms. The van der Waals surface area contributed by atoms with E-state index in [1.165, 1.54) is 6.08 Å². The second-order valence-electron chi connectivity index (χ2n) is 11.6. The highest BCUT2D eigenvalue weighted by Gasteiger charge is 2.53. The molecule has 0 aromatic heterocycles. The van der Waals surface area contributed by atoms with Crippen molar-refractivity contribution in [2.24, 2.45) is 5.16 Å². The summed E-state index contributed by atoms with van der Waals surface area (Å²) in [5, 5.41) is 6.52. The third-order valence-electron chi connectivity index (χ3n) is 7.29. The number of benzene rings is 3. The van der Waals surface area contributed by atoms with Crippen molar-refractivity contribution in [2.75, 3.05) is 20.0 Å². The first-order valence-electron chi connectivity index (χ1n) is 14.6. The Morgan fingerprint density at radius 3 is 2.00 bits per heavy atom. The van der Waals surface area contributed by atoms with Gasteiger partial charge in [-0.2, -0.15) is 8.42 Å². The van der Waals surface area contributed by atoms with E-state index < -0.39 is 24.5 Å². The molecule has 0 aliphatic carbocycles. The maximum Gasteiger partial charge on any atom is 0.354 e. The van der Waals surface area contributed by atoms with Crippen molar-refractivity contribution in [3.63, 3.8) is 0 Å². The van der Waals surface area contributed by atoms with Crippen LogP contribution in [-0.2, 0) is 30.2 Å². The van der Waals surface area contributed by atoms with Crippen molar-refractivity contribution in [1.29, 1.82) is 0 Å². The summed E-state index contributed by atoms with van der Waals surface area (Å²) in [6.07, 6.45) is 6.69. The first kappa shape index (κ1) is 34.8. The summed E-state index contributed by atoms with van der Waals surface area (Å²) < 4.78 is 40.2. The Morgan fingerprint density at radius 1 is 0.955 bits per heavy atom. The van der Waals surface area contributed by atoms with E-state index in [1.54, 1.807) is 31.2 Å². The van der Waals surface area contributed by atoms with Crippen molar-refractivity contribution in [2.45, 2.75) is 58.2 Å². The quantitative estimate of drug-likeness (QED) is 0.0562. The molecule has 0 radical (unpaired) electrons. The van der Waals surface area contributed by atoms with Crippen LogP contribution in [0.5, 0.6) is 5.75 Å². The molecule has 3 aromatic rings. The third kappa shape index (κ3) is 9.38. The largest absolute Gasteiger partial charge is 0.497 e. The van der Waals surface area contributed by atoms with Crippen LogP contribution in [0, 0.1) is 0 Å². The summed E-state index contributed by atoms with van der Waals surface area (Å²) in [5.74, 6) is 0.518. The van der Waals surface area contributed by atoms with Crippen LogP contribution < -0.4 is 15.1 Å². The smallest absolute Gasteiger partial charge is 0.354 e. The van der Waals surface area contributed by atoms with Gasteiger partial charge in [0.2, 0.25) is 5.91 Å². The molecule has 236 valence electrons. The fraction of sp³-hybridized carbons (Fsp3) is 0.353. The number of hydrogen-bond acceptors (Lipinski definition) is 7. The highest BCUT2D eigenvalue weighted by molar-refractivity contribution is 7.85. The van der Waals surface area contributed by atoms with E-state index in [4.69, 9.17) is 13.4 Å². The van der Waals surface area contributed by atoms with Crippen LogP contribution in [-0.4, -0.2) is 59.8 Å². The first-order chi connectivity index (χ1) is 20.9. The number of oxime groups is 1. The molecule has 0 saturated carbocycles. The minimum Gasteiger partial charge on any atom is -0.497 e. The zero-order valence-electron chi connectivity index (χ0n) is 26.5. The van der Waals surface area contributed by atoms with Gasteiger partial charge in [0.05, 0.1) is 32.2 Å². The monoisotopic (exact) mass is 636 g/mol. The molecule has 0 heterocycles. The van der Waals surface area contributed by atoms with E-state index in [1.807, 2.05) is 60.7 Å². The fourth-order valence-corrected chi connectivity index (χ4v) is 9.65. The van der Waals surface area contributed by atoms with Crippen LogP contribution in [0.3, 0.4) is 0 Å². The summed E-state index contributed by atoms with van der Waals surface area (Å²) in [6, 6.07) is 27.4. The van der Waals surface area contributed by atoms with E-state index >= 15 is 0 Å². The number of nitrogens with zero attached hydrogens (tertiary/aromatic N) is 2. The molecule has 0 saturated heterocycles. The molecule has 8 nitrogen and oxygen atoms in total. The Balaban J connectivity index is 2.05. The molecule has 0 aliphatic heterocycles. The van der Waals surface area contributed by atoms with E-state index in [-0.39, 0.29) is 17.6 Å². The second kappa shape index (κ2) is 15.8. The lowest BCUT2D eigenvalue weighted by Crippen LogP contribution is -2.65. The molecule has 10 heteroatoms. The number of carbonyl (C=O) groups is 1. The first-order valence-corrected chi connectivity index (χ1v) is 18.4. The summed E-state index contributed by atoms with van der Waals surface area (Å²) in [4.78, 5) is 15.2. The van der Waals surface area contributed by atoms with Crippen LogP contribution in [0.15, 0.2) is 102 Å². The van der Waals surface area contributed by atoms with Gasteiger partial charge in [0, 0.05) is 11.6 Å². The van der Waals surface area contributed by atoms with Gasteiger partial charge in [0.15, 0.2) is 0 Å². The minimum atomic E-state index is -3.59. The second-order valence-corrected chi connectivity index (χ2v) is 17.4. The molecule has 44 heavy (non-hydrogen) atoms. The molecule has 1 amide bonds. The number of ether oxygens (including phenoxy) is 1. The van der Waals surface area contributed by atoms with E-state index in [9.17, 15) is 13.2 Å². The SMILES string of the molecule is C/C=C/C(=O)N(Cc1ccc(OC)cc1)[C@H](/C=N/O[Si](c1ccccc1)(c1ccccc1)C(C)(C)C)CCCOS(C)(=O)=O. The highest BCUT2D eigenvalue weighted by Crippen LogP contribution is 2.37. The molecule has 0 spiro atoms. The van der Waals surface area contributed by atoms with Crippen LogP contribution in [0.25, 0.3) is 0 Å². The standard InChI is InChI=1S/C34H44N2O6SSi/c1-7-15-33(37)36(27-28-21-23-30(40-5)24-22-28)29(16-14-25-41-43(6,38)39)26-35-42-44(34(2,3)4,31-17-10-8-11-18-31)32-19-12-9-13-20-32/h7-13,15,17-24,26,29H,14,16,25,27H2,1-6H3/b15-7+,35-26+/t29-/m0/s1. The lowest BCUT2D eigenvalue weighted by Gasteiger charge is -2.40. The number of amides is 1. The number of methoxy groups -OCH3 is 1. The topological polar surface area (TPSA) is 94.5 Å². The molecule has 0 fully saturated rings. The minimum absolute atomic E-state index is 0.00702. The predicted molar refractivity (Wildman–Crippen MR) is 179 cm³/mol. The van der Waals surface area contributed by atoms with Gasteiger partial charge in [-0.25, -0.2) is 0 Å². The predicted octanol–water partition coefficient (Wildman–Crippen LogP) is 5.29. The van der Waals surface area contributed by atoms with Gasteiger partial charge in [-0.1, -0.05) is 99.6 Å². The Bertz CT molecular complexity index is 1450. The van der Waals surface area contributed by atoms with Crippen LogP contribution >= 0.6 is 0 Å². The molecule has 0 unspecified atom stereocenters. The number of allylic oxidation sites excluding steroid dienone is 1. The molecule has 3 aromatic carbocycles. The zero-order valence-corrected chi connectivity index (χ0v) is 28.3. The highest BCUT2D eigenvalue weighted by atomic mass is 32.2. The maximum atomic E-state index is 13.5. The lowest BCUT2D eigenvalue weighted by molar-refractivity contribution is -0.127. The summed E-state index contributed by atoms with van der Waals surface area (Å²) in [6.45, 7) is 8.59. The molecule has 0 aliphatic rings. The Morgan fingerprint density at radius 2 is 1.52 bits per heavy atom. The van der Waals surface area contributed by atoms with Crippen LogP contribution in [0.2, 0.25) is 5.04 Å². The molecular weight excluding hydrogens is 593 g/mol. The van der Waals surface area contributed by atoms with Gasteiger partial charge < -0.3 is 14.2 Å². The van der Waals surface area contributed by atoms with Crippen molar-refractivity contribution >= 4 is 40.9 Å². The zero-order chi connectivity index (χ0) is 32.2. The van der Waals surface area contributed by atoms with Crippen LogP contribution in [0.4, 0.5) is 0 Å². The van der Waals surface area contributed by atoms with E-state index in [0.29, 0.717) is 19.4 Å². The Hall–Kier alpha value is -3.73. The maximum absolute atomic E-state index is 13.5.